The first-order valence-electron chi connectivity index (χ1n) is 7.45. The molecule has 2 aromatic rings. The van der Waals surface area contributed by atoms with E-state index in [1.165, 1.54) is 14.2 Å². The van der Waals surface area contributed by atoms with Gasteiger partial charge in [0.2, 0.25) is 0 Å². The Balaban J connectivity index is 2.43. The molecule has 1 atom stereocenters. The predicted octanol–water partition coefficient (Wildman–Crippen LogP) is 2.47. The highest BCUT2D eigenvalue weighted by Crippen LogP contribution is 2.28. The maximum absolute atomic E-state index is 12.1. The lowest BCUT2D eigenvalue weighted by molar-refractivity contribution is -0.140. The van der Waals surface area contributed by atoms with Gasteiger partial charge in [0.15, 0.2) is 0 Å². The molecule has 0 aromatic heterocycles. The molecule has 0 saturated heterocycles. The Bertz CT molecular complexity index is 636. The van der Waals surface area contributed by atoms with E-state index in [2.05, 4.69) is 5.32 Å². The van der Waals surface area contributed by atoms with Crippen molar-refractivity contribution in [2.24, 2.45) is 0 Å². The van der Waals surface area contributed by atoms with Gasteiger partial charge in [0, 0.05) is 13.0 Å². The lowest BCUT2D eigenvalue weighted by Crippen LogP contribution is -2.49. The minimum atomic E-state index is -1.14. The highest BCUT2D eigenvalue weighted by atomic mass is 16.7. The van der Waals surface area contributed by atoms with E-state index in [0.29, 0.717) is 0 Å². The minimum absolute atomic E-state index is 0.529. The molecule has 0 heterocycles. The fourth-order valence-electron chi connectivity index (χ4n) is 2.49. The van der Waals surface area contributed by atoms with Crippen LogP contribution in [0.3, 0.4) is 0 Å². The highest BCUT2D eigenvalue weighted by Gasteiger charge is 2.33. The van der Waals surface area contributed by atoms with Gasteiger partial charge in [-0.3, -0.25) is 4.84 Å². The number of carbonyl (C=O) groups is 2. The second kappa shape index (κ2) is 8.12. The van der Waals surface area contributed by atoms with E-state index in [9.17, 15) is 14.7 Å². The fraction of sp³-hybridized carbons (Fsp3) is 0.222. The topological polar surface area (TPSA) is 78.9 Å². The summed E-state index contributed by atoms with van der Waals surface area (Å²) in [5.74, 6) is -1.65. The first-order chi connectivity index (χ1) is 11.5. The summed E-state index contributed by atoms with van der Waals surface area (Å²) in [7, 11) is 2.75. The van der Waals surface area contributed by atoms with E-state index >= 15 is 0 Å². The molecule has 2 N–H and O–H groups in total. The molecule has 0 fully saturated rings. The lowest BCUT2D eigenvalue weighted by atomic mass is 9.85. The number of aliphatic carboxylic acids is 1. The second-order valence-electron chi connectivity index (χ2n) is 5.24. The molecule has 126 valence electrons. The van der Waals surface area contributed by atoms with Crippen LogP contribution in [0.1, 0.15) is 17.0 Å². The third-order valence-electron chi connectivity index (χ3n) is 3.76. The molecule has 0 radical (unpaired) electrons. The van der Waals surface area contributed by atoms with Gasteiger partial charge < -0.3 is 10.4 Å². The van der Waals surface area contributed by atoms with Gasteiger partial charge in [0.1, 0.15) is 6.04 Å². The van der Waals surface area contributed by atoms with Gasteiger partial charge in [-0.2, -0.15) is 0 Å². The summed E-state index contributed by atoms with van der Waals surface area (Å²) in [5, 5.41) is 13.2. The van der Waals surface area contributed by atoms with Crippen LogP contribution in [0.4, 0.5) is 4.79 Å². The smallest absolute Gasteiger partial charge is 0.341 e. The van der Waals surface area contributed by atoms with Gasteiger partial charge in [-0.25, -0.2) is 14.7 Å². The largest absolute Gasteiger partial charge is 0.480 e. The van der Waals surface area contributed by atoms with Crippen molar-refractivity contribution in [2.75, 3.05) is 14.2 Å². The molecular weight excluding hydrogens is 308 g/mol. The monoisotopic (exact) mass is 328 g/mol. The van der Waals surface area contributed by atoms with Crippen LogP contribution in [0.2, 0.25) is 0 Å². The minimum Gasteiger partial charge on any atom is -0.480 e. The lowest BCUT2D eigenvalue weighted by Gasteiger charge is -2.27. The Morgan fingerprint density at radius 2 is 1.46 bits per heavy atom. The molecule has 2 amide bonds. The molecular formula is C18H20N2O4. The van der Waals surface area contributed by atoms with Gasteiger partial charge in [-0.15, -0.1) is 0 Å². The van der Waals surface area contributed by atoms with Crippen LogP contribution in [0.5, 0.6) is 0 Å². The van der Waals surface area contributed by atoms with Crippen molar-refractivity contribution in [1.29, 1.82) is 0 Å². The zero-order chi connectivity index (χ0) is 17.5. The summed E-state index contributed by atoms with van der Waals surface area (Å²) in [6.45, 7) is 0. The number of amides is 2. The predicted molar refractivity (Wildman–Crippen MR) is 89.5 cm³/mol. The van der Waals surface area contributed by atoms with E-state index in [-0.39, 0.29) is 0 Å². The van der Waals surface area contributed by atoms with Gasteiger partial charge in [-0.1, -0.05) is 60.7 Å². The number of rotatable bonds is 6. The Morgan fingerprint density at radius 1 is 1.00 bits per heavy atom. The number of hydroxylamine groups is 2. The third-order valence-corrected chi connectivity index (χ3v) is 3.76. The van der Waals surface area contributed by atoms with Crippen molar-refractivity contribution in [3.05, 3.63) is 71.8 Å². The standard InChI is InChI=1S/C18H20N2O4/c1-20(24-2)18(23)19-16(17(21)22)15(13-9-5-3-6-10-13)14-11-7-4-8-12-14/h3-12,15-16H,1-2H3,(H,19,23)(H,21,22)/t16-/m1/s1. The molecule has 24 heavy (non-hydrogen) atoms. The number of carboxylic acids is 1. The molecule has 0 spiro atoms. The van der Waals surface area contributed by atoms with E-state index in [4.69, 9.17) is 4.84 Å². The average molecular weight is 328 g/mol. The number of benzene rings is 2. The van der Waals surface area contributed by atoms with Gasteiger partial charge >= 0.3 is 12.0 Å². The van der Waals surface area contributed by atoms with Crippen molar-refractivity contribution in [3.63, 3.8) is 0 Å². The molecule has 6 heteroatoms. The number of urea groups is 1. The first kappa shape index (κ1) is 17.5. The summed E-state index contributed by atoms with van der Waals surface area (Å²) in [4.78, 5) is 28.8. The molecule has 6 nitrogen and oxygen atoms in total. The van der Waals surface area contributed by atoms with Crippen LogP contribution in [0.15, 0.2) is 60.7 Å². The highest BCUT2D eigenvalue weighted by molar-refractivity contribution is 5.83. The number of hydrogen-bond acceptors (Lipinski definition) is 3. The molecule has 0 saturated carbocycles. The van der Waals surface area contributed by atoms with Gasteiger partial charge in [0.05, 0.1) is 7.11 Å². The summed E-state index contributed by atoms with van der Waals surface area (Å²) >= 11 is 0. The Hall–Kier alpha value is -2.86. The molecule has 0 unspecified atom stereocenters. The van der Waals surface area contributed by atoms with Gasteiger partial charge in [0.25, 0.3) is 0 Å². The summed E-state index contributed by atoms with van der Waals surface area (Å²) in [6, 6.07) is 16.7. The number of nitrogens with zero attached hydrogens (tertiary/aromatic N) is 1. The summed E-state index contributed by atoms with van der Waals surface area (Å²) in [6.07, 6.45) is 0. The van der Waals surface area contributed by atoms with Crippen LogP contribution in [-0.2, 0) is 9.63 Å². The maximum atomic E-state index is 12.1. The Morgan fingerprint density at radius 3 is 1.83 bits per heavy atom. The van der Waals surface area contributed by atoms with Crippen molar-refractivity contribution in [1.82, 2.24) is 10.4 Å². The number of hydrogen-bond donors (Lipinski definition) is 2. The first-order valence-corrected chi connectivity index (χ1v) is 7.45. The molecule has 0 aliphatic rings. The molecule has 0 bridgehead atoms. The fourth-order valence-corrected chi connectivity index (χ4v) is 2.49. The summed E-state index contributed by atoms with van der Waals surface area (Å²) in [5.41, 5.74) is 1.60. The molecule has 2 aromatic carbocycles. The Kier molecular flexibility index (Phi) is 5.92. The van der Waals surface area contributed by atoms with Gasteiger partial charge in [-0.05, 0) is 11.1 Å². The SMILES string of the molecule is CON(C)C(=O)N[C@@H](C(=O)O)C(c1ccccc1)c1ccccc1. The average Bonchev–Trinajstić information content (AvgIpc) is 2.62. The van der Waals surface area contributed by atoms with Crippen molar-refractivity contribution < 1.29 is 19.5 Å². The molecule has 0 aliphatic heterocycles. The van der Waals surface area contributed by atoms with Crippen LogP contribution < -0.4 is 5.32 Å². The van der Waals surface area contributed by atoms with E-state index < -0.39 is 24.0 Å². The quantitative estimate of drug-likeness (QED) is 0.799. The van der Waals surface area contributed by atoms with Crippen LogP contribution in [0.25, 0.3) is 0 Å². The summed E-state index contributed by atoms with van der Waals surface area (Å²) < 4.78 is 0. The van der Waals surface area contributed by atoms with E-state index in [1.807, 2.05) is 60.7 Å². The number of carbonyl (C=O) groups excluding carboxylic acids is 1. The van der Waals surface area contributed by atoms with Crippen molar-refractivity contribution >= 4 is 12.0 Å². The van der Waals surface area contributed by atoms with Crippen LogP contribution in [0, 0.1) is 0 Å². The Labute approximate surface area is 140 Å². The van der Waals surface area contributed by atoms with Crippen molar-refractivity contribution in [2.45, 2.75) is 12.0 Å². The van der Waals surface area contributed by atoms with E-state index in [0.717, 1.165) is 16.2 Å². The molecule has 0 aliphatic carbocycles. The maximum Gasteiger partial charge on any atom is 0.341 e. The third kappa shape index (κ3) is 4.11. The van der Waals surface area contributed by atoms with E-state index in [1.54, 1.807) is 0 Å². The van der Waals surface area contributed by atoms with Crippen LogP contribution in [-0.4, -0.2) is 42.4 Å². The zero-order valence-corrected chi connectivity index (χ0v) is 13.5. The van der Waals surface area contributed by atoms with Crippen LogP contribution >= 0.6 is 0 Å². The number of carboxylic acid groups (broad SMARTS) is 1. The second-order valence-corrected chi connectivity index (χ2v) is 5.24. The number of nitrogens with one attached hydrogen (secondary N) is 1. The van der Waals surface area contributed by atoms with Crippen molar-refractivity contribution in [3.8, 4) is 0 Å². The zero-order valence-electron chi connectivity index (χ0n) is 13.5. The normalized spacial score (nSPS) is 11.8. The molecule has 2 rings (SSSR count).